The van der Waals surface area contributed by atoms with Gasteiger partial charge in [-0.1, -0.05) is 30.3 Å². The van der Waals surface area contributed by atoms with Gasteiger partial charge < -0.3 is 4.90 Å². The van der Waals surface area contributed by atoms with E-state index in [1.54, 1.807) is 30.3 Å². The molecule has 0 unspecified atom stereocenters. The monoisotopic (exact) mass is 363 g/mol. The quantitative estimate of drug-likeness (QED) is 0.765. The molecule has 1 heterocycles. The first-order valence-corrected chi connectivity index (χ1v) is 9.75. The van der Waals surface area contributed by atoms with E-state index < -0.39 is 10.1 Å². The minimum absolute atomic E-state index is 0.0303. The lowest BCUT2D eigenvalue weighted by Gasteiger charge is -2.36. The fourth-order valence-electron chi connectivity index (χ4n) is 3.36. The van der Waals surface area contributed by atoms with Gasteiger partial charge in [-0.2, -0.15) is 8.42 Å². The fourth-order valence-corrected chi connectivity index (χ4v) is 4.34. The summed E-state index contributed by atoms with van der Waals surface area (Å²) in [4.78, 5) is 2.33. The molecule has 0 N–H and O–H groups in total. The molecule has 6 heteroatoms. The number of hydrogen-bond acceptors (Lipinski definition) is 4. The van der Waals surface area contributed by atoms with Crippen LogP contribution in [0.5, 0.6) is 0 Å². The third-order valence-corrected chi connectivity index (χ3v) is 6.00. The molecule has 3 rings (SSSR count). The molecule has 0 radical (unpaired) electrons. The highest BCUT2D eigenvalue weighted by Crippen LogP contribution is 2.33. The van der Waals surface area contributed by atoms with Crippen molar-refractivity contribution in [1.29, 1.82) is 0 Å². The lowest BCUT2D eigenvalue weighted by molar-refractivity contribution is 0.132. The van der Waals surface area contributed by atoms with Gasteiger partial charge in [-0.05, 0) is 55.8 Å². The molecule has 1 fully saturated rings. The smallest absolute Gasteiger partial charge is 0.296 e. The Hall–Kier alpha value is -1.76. The van der Waals surface area contributed by atoms with Crippen molar-refractivity contribution in [2.24, 2.45) is 5.92 Å². The van der Waals surface area contributed by atoms with E-state index in [1.807, 2.05) is 7.05 Å². The fraction of sp³-hybridized carbons (Fsp3) is 0.368. The molecule has 0 aromatic heterocycles. The van der Waals surface area contributed by atoms with Gasteiger partial charge in [-0.15, -0.1) is 0 Å². The topological polar surface area (TPSA) is 46.6 Å². The van der Waals surface area contributed by atoms with Crippen molar-refractivity contribution in [3.63, 3.8) is 0 Å². The van der Waals surface area contributed by atoms with Gasteiger partial charge in [0.05, 0.1) is 11.5 Å². The highest BCUT2D eigenvalue weighted by molar-refractivity contribution is 7.86. The molecule has 2 aromatic rings. The summed E-state index contributed by atoms with van der Waals surface area (Å²) in [5.41, 5.74) is 1.03. The Bertz CT molecular complexity index is 793. The SMILES string of the molecule is CN1CC[C@@H](c2ccc(F)cc2)[C@H](COS(=O)(=O)c2ccccc2)C1. The van der Waals surface area contributed by atoms with Crippen molar-refractivity contribution in [2.45, 2.75) is 17.2 Å². The maximum absolute atomic E-state index is 13.2. The Kier molecular flexibility index (Phi) is 5.51. The molecular weight excluding hydrogens is 341 g/mol. The zero-order valence-corrected chi connectivity index (χ0v) is 15.0. The van der Waals surface area contributed by atoms with Crippen LogP contribution in [-0.4, -0.2) is 40.1 Å². The van der Waals surface area contributed by atoms with Gasteiger partial charge in [0.2, 0.25) is 0 Å². The summed E-state index contributed by atoms with van der Waals surface area (Å²) in [7, 11) is -1.75. The highest BCUT2D eigenvalue weighted by Gasteiger charge is 2.31. The Balaban J connectivity index is 1.74. The first kappa shape index (κ1) is 18.0. The van der Waals surface area contributed by atoms with E-state index in [4.69, 9.17) is 4.18 Å². The first-order chi connectivity index (χ1) is 12.0. The van der Waals surface area contributed by atoms with Crippen LogP contribution < -0.4 is 0 Å². The lowest BCUT2D eigenvalue weighted by Crippen LogP contribution is -2.39. The van der Waals surface area contributed by atoms with Crippen LogP contribution in [0.3, 0.4) is 0 Å². The summed E-state index contributed by atoms with van der Waals surface area (Å²) < 4.78 is 43.3. The summed E-state index contributed by atoms with van der Waals surface area (Å²) in [6, 6.07) is 14.6. The van der Waals surface area contributed by atoms with Crippen LogP contribution >= 0.6 is 0 Å². The van der Waals surface area contributed by atoms with E-state index in [0.29, 0.717) is 0 Å². The average Bonchev–Trinajstić information content (AvgIpc) is 2.62. The largest absolute Gasteiger partial charge is 0.306 e. The number of hydrogen-bond donors (Lipinski definition) is 0. The van der Waals surface area contributed by atoms with Crippen molar-refractivity contribution < 1.29 is 17.0 Å². The molecule has 4 nitrogen and oxygen atoms in total. The summed E-state index contributed by atoms with van der Waals surface area (Å²) in [5, 5.41) is 0. The zero-order chi connectivity index (χ0) is 17.9. The molecule has 0 saturated carbocycles. The van der Waals surface area contributed by atoms with Crippen molar-refractivity contribution in [3.05, 3.63) is 66.0 Å². The number of piperidine rings is 1. The van der Waals surface area contributed by atoms with Gasteiger partial charge in [-0.25, -0.2) is 4.39 Å². The average molecular weight is 363 g/mol. The molecule has 25 heavy (non-hydrogen) atoms. The molecule has 0 spiro atoms. The van der Waals surface area contributed by atoms with Crippen LogP contribution in [-0.2, 0) is 14.3 Å². The number of halogens is 1. The van der Waals surface area contributed by atoms with Gasteiger partial charge in [0.1, 0.15) is 5.82 Å². The van der Waals surface area contributed by atoms with Crippen LogP contribution in [0.25, 0.3) is 0 Å². The lowest BCUT2D eigenvalue weighted by atomic mass is 9.81. The molecule has 0 bridgehead atoms. The number of rotatable bonds is 5. The van der Waals surface area contributed by atoms with Gasteiger partial charge in [0.25, 0.3) is 10.1 Å². The second-order valence-electron chi connectivity index (χ2n) is 6.52. The van der Waals surface area contributed by atoms with Gasteiger partial charge in [0, 0.05) is 12.5 Å². The van der Waals surface area contributed by atoms with Crippen molar-refractivity contribution in [2.75, 3.05) is 26.7 Å². The molecular formula is C19H22FNO3S. The van der Waals surface area contributed by atoms with E-state index in [0.717, 1.165) is 25.1 Å². The molecule has 0 aliphatic carbocycles. The summed E-state index contributed by atoms with van der Waals surface area (Å²) in [5.74, 6) is -0.0818. The van der Waals surface area contributed by atoms with E-state index in [-0.39, 0.29) is 29.2 Å². The van der Waals surface area contributed by atoms with Gasteiger partial charge in [0.15, 0.2) is 0 Å². The summed E-state index contributed by atoms with van der Waals surface area (Å²) in [6.45, 7) is 1.78. The maximum atomic E-state index is 13.2. The van der Waals surface area contributed by atoms with E-state index in [1.165, 1.54) is 24.3 Å². The van der Waals surface area contributed by atoms with Crippen LogP contribution in [0.2, 0.25) is 0 Å². The van der Waals surface area contributed by atoms with Crippen LogP contribution in [0, 0.1) is 11.7 Å². The Morgan fingerprint density at radius 1 is 1.12 bits per heavy atom. The van der Waals surface area contributed by atoms with Crippen LogP contribution in [0.1, 0.15) is 17.9 Å². The molecule has 0 amide bonds. The molecule has 1 saturated heterocycles. The van der Waals surface area contributed by atoms with Crippen molar-refractivity contribution in [1.82, 2.24) is 4.90 Å². The second kappa shape index (κ2) is 7.64. The molecule has 1 aliphatic heterocycles. The Morgan fingerprint density at radius 3 is 2.48 bits per heavy atom. The maximum Gasteiger partial charge on any atom is 0.296 e. The van der Waals surface area contributed by atoms with Crippen LogP contribution in [0.4, 0.5) is 4.39 Å². The van der Waals surface area contributed by atoms with Gasteiger partial charge in [-0.3, -0.25) is 4.18 Å². The predicted molar refractivity (Wildman–Crippen MR) is 94.3 cm³/mol. The third kappa shape index (κ3) is 4.45. The minimum atomic E-state index is -3.77. The zero-order valence-electron chi connectivity index (χ0n) is 14.1. The second-order valence-corrected chi connectivity index (χ2v) is 8.14. The first-order valence-electron chi connectivity index (χ1n) is 8.34. The molecule has 134 valence electrons. The highest BCUT2D eigenvalue weighted by atomic mass is 32.2. The van der Waals surface area contributed by atoms with E-state index >= 15 is 0 Å². The molecule has 2 atom stereocenters. The van der Waals surface area contributed by atoms with Crippen molar-refractivity contribution in [3.8, 4) is 0 Å². The Morgan fingerprint density at radius 2 is 1.80 bits per heavy atom. The molecule has 1 aliphatic rings. The summed E-state index contributed by atoms with van der Waals surface area (Å²) >= 11 is 0. The van der Waals surface area contributed by atoms with Crippen molar-refractivity contribution >= 4 is 10.1 Å². The normalized spacial score (nSPS) is 22.0. The standard InChI is InChI=1S/C19H22FNO3S/c1-21-12-11-19(15-7-9-17(20)10-8-15)16(13-21)14-24-25(22,23)18-5-3-2-4-6-18/h2-10,16,19H,11-14H2,1H3/t16-,19-/m0/s1. The number of nitrogens with zero attached hydrogens (tertiary/aromatic N) is 1. The summed E-state index contributed by atoms with van der Waals surface area (Å²) in [6.07, 6.45) is 0.890. The minimum Gasteiger partial charge on any atom is -0.306 e. The predicted octanol–water partition coefficient (Wildman–Crippen LogP) is 3.27. The number of benzene rings is 2. The molecule has 2 aromatic carbocycles. The third-order valence-electron chi connectivity index (χ3n) is 4.70. The van der Waals surface area contributed by atoms with E-state index in [9.17, 15) is 12.8 Å². The van der Waals surface area contributed by atoms with E-state index in [2.05, 4.69) is 4.90 Å². The van der Waals surface area contributed by atoms with Crippen LogP contribution in [0.15, 0.2) is 59.5 Å². The Labute approximate surface area is 148 Å². The number of likely N-dealkylation sites (tertiary alicyclic amines) is 1. The van der Waals surface area contributed by atoms with Gasteiger partial charge >= 0.3 is 0 Å².